The maximum atomic E-state index is 13.1. The number of hydrogen-bond acceptors (Lipinski definition) is 7. The molecule has 2 amide bonds. The Bertz CT molecular complexity index is 1230. The van der Waals surface area contributed by atoms with Crippen LogP contribution in [0.25, 0.3) is 0 Å². The van der Waals surface area contributed by atoms with Crippen molar-refractivity contribution in [1.82, 2.24) is 9.88 Å². The van der Waals surface area contributed by atoms with Gasteiger partial charge in [0, 0.05) is 26.2 Å². The minimum atomic E-state index is -0.183. The quantitative estimate of drug-likeness (QED) is 0.540. The lowest BCUT2D eigenvalue weighted by atomic mass is 10.1. The number of fused-ring (bicyclic) bond motifs is 1. The zero-order valence-corrected chi connectivity index (χ0v) is 19.9. The summed E-state index contributed by atoms with van der Waals surface area (Å²) in [5, 5.41) is 0. The monoisotopic (exact) mass is 476 g/mol. The summed E-state index contributed by atoms with van der Waals surface area (Å²) in [6.07, 6.45) is 1.37. The van der Waals surface area contributed by atoms with Crippen LogP contribution < -0.4 is 19.3 Å². The molecule has 2 aliphatic heterocycles. The fraction of sp³-hybridized carbons (Fsp3) is 0.346. The van der Waals surface area contributed by atoms with E-state index in [0.29, 0.717) is 50.1 Å². The molecule has 0 unspecified atom stereocenters. The second-order valence-electron chi connectivity index (χ2n) is 8.55. The fourth-order valence-electron chi connectivity index (χ4n) is 4.41. The van der Waals surface area contributed by atoms with Crippen molar-refractivity contribution < 1.29 is 23.5 Å². The number of para-hydroxylation sites is 2. The molecule has 3 aromatic rings. The molecule has 9 heteroatoms. The highest BCUT2D eigenvalue weighted by Gasteiger charge is 2.29. The lowest BCUT2D eigenvalue weighted by molar-refractivity contribution is -0.121. The van der Waals surface area contributed by atoms with Gasteiger partial charge in [-0.1, -0.05) is 18.2 Å². The highest BCUT2D eigenvalue weighted by molar-refractivity contribution is 5.97. The Kier molecular flexibility index (Phi) is 6.31. The van der Waals surface area contributed by atoms with Gasteiger partial charge in [0.25, 0.3) is 11.8 Å². The summed E-state index contributed by atoms with van der Waals surface area (Å²) in [7, 11) is 0. The molecule has 9 nitrogen and oxygen atoms in total. The van der Waals surface area contributed by atoms with Crippen molar-refractivity contribution >= 4 is 23.2 Å². The summed E-state index contributed by atoms with van der Waals surface area (Å²) in [6.45, 7) is 7.13. The SMILES string of the molecule is CCOc1ccccc1N1CCN(C(=O)c2coc(CN3C(=O)COc4ccc(C)cc43)n2)CC1. The van der Waals surface area contributed by atoms with Crippen molar-refractivity contribution in [1.29, 1.82) is 0 Å². The van der Waals surface area contributed by atoms with Crippen molar-refractivity contribution in [2.24, 2.45) is 0 Å². The topological polar surface area (TPSA) is 88.4 Å². The van der Waals surface area contributed by atoms with Crippen LogP contribution in [0.4, 0.5) is 11.4 Å². The van der Waals surface area contributed by atoms with Crippen LogP contribution in [-0.2, 0) is 11.3 Å². The van der Waals surface area contributed by atoms with Crippen molar-refractivity contribution in [3.05, 3.63) is 65.9 Å². The van der Waals surface area contributed by atoms with E-state index in [-0.39, 0.29) is 30.7 Å². The van der Waals surface area contributed by atoms with Gasteiger partial charge in [0.1, 0.15) is 24.3 Å². The number of nitrogens with zero attached hydrogens (tertiary/aromatic N) is 4. The van der Waals surface area contributed by atoms with Crippen LogP contribution in [0.15, 0.2) is 53.1 Å². The number of piperazine rings is 1. The molecule has 182 valence electrons. The van der Waals surface area contributed by atoms with Crippen LogP contribution in [0.3, 0.4) is 0 Å². The Hall–Kier alpha value is -4.01. The van der Waals surface area contributed by atoms with Crippen molar-refractivity contribution in [3.8, 4) is 11.5 Å². The zero-order chi connectivity index (χ0) is 24.4. The number of amides is 2. The first-order chi connectivity index (χ1) is 17.0. The Morgan fingerprint density at radius 1 is 1.09 bits per heavy atom. The molecule has 0 radical (unpaired) electrons. The highest BCUT2D eigenvalue weighted by atomic mass is 16.5. The largest absolute Gasteiger partial charge is 0.492 e. The Labute approximate surface area is 203 Å². The number of rotatable bonds is 6. The number of benzene rings is 2. The smallest absolute Gasteiger partial charge is 0.275 e. The van der Waals surface area contributed by atoms with Crippen LogP contribution in [0, 0.1) is 6.92 Å². The van der Waals surface area contributed by atoms with E-state index < -0.39 is 0 Å². The molecular weight excluding hydrogens is 448 g/mol. The summed E-state index contributed by atoms with van der Waals surface area (Å²) < 4.78 is 16.9. The number of aryl methyl sites for hydroxylation is 1. The third-order valence-electron chi connectivity index (χ3n) is 6.19. The maximum absolute atomic E-state index is 13.1. The number of carbonyl (C=O) groups excluding carboxylic acids is 2. The van der Waals surface area contributed by atoms with E-state index in [2.05, 4.69) is 9.88 Å². The summed E-state index contributed by atoms with van der Waals surface area (Å²) in [6, 6.07) is 13.6. The van der Waals surface area contributed by atoms with Crippen LogP contribution in [-0.4, -0.2) is 61.1 Å². The lowest BCUT2D eigenvalue weighted by Crippen LogP contribution is -2.49. The number of aromatic nitrogens is 1. The van der Waals surface area contributed by atoms with Gasteiger partial charge in [-0.2, -0.15) is 0 Å². The van der Waals surface area contributed by atoms with Gasteiger partial charge in [-0.3, -0.25) is 14.5 Å². The number of hydrogen-bond donors (Lipinski definition) is 0. The van der Waals surface area contributed by atoms with Gasteiger partial charge in [-0.25, -0.2) is 4.98 Å². The highest BCUT2D eigenvalue weighted by Crippen LogP contribution is 2.34. The molecule has 1 fully saturated rings. The van der Waals surface area contributed by atoms with E-state index in [9.17, 15) is 9.59 Å². The molecule has 5 rings (SSSR count). The normalized spacial score (nSPS) is 15.6. The predicted molar refractivity (Wildman–Crippen MR) is 130 cm³/mol. The standard InChI is InChI=1S/C26H28N4O5/c1-3-33-22-7-5-4-6-20(22)28-10-12-29(13-11-28)26(32)19-16-35-24(27-19)15-30-21-14-18(2)8-9-23(21)34-17-25(30)31/h4-9,14,16H,3,10-13,15,17H2,1-2H3. The van der Waals surface area contributed by atoms with Crippen LogP contribution >= 0.6 is 0 Å². The molecule has 0 bridgehead atoms. The van der Waals surface area contributed by atoms with Crippen LogP contribution in [0.5, 0.6) is 11.5 Å². The molecule has 2 aliphatic rings. The first-order valence-electron chi connectivity index (χ1n) is 11.8. The van der Waals surface area contributed by atoms with Crippen LogP contribution in [0.2, 0.25) is 0 Å². The minimum absolute atomic E-state index is 0.0424. The molecule has 1 aromatic heterocycles. The number of oxazole rings is 1. The zero-order valence-electron chi connectivity index (χ0n) is 19.9. The molecule has 0 spiro atoms. The molecule has 0 saturated carbocycles. The van der Waals surface area contributed by atoms with Crippen LogP contribution in [0.1, 0.15) is 28.9 Å². The molecule has 2 aromatic carbocycles. The Morgan fingerprint density at radius 3 is 2.69 bits per heavy atom. The minimum Gasteiger partial charge on any atom is -0.492 e. The first-order valence-corrected chi connectivity index (χ1v) is 11.8. The summed E-state index contributed by atoms with van der Waals surface area (Å²) in [5.74, 6) is 1.44. The van der Waals surface area contributed by atoms with Crippen molar-refractivity contribution in [2.45, 2.75) is 20.4 Å². The van der Waals surface area contributed by atoms with Gasteiger partial charge in [0.15, 0.2) is 12.3 Å². The lowest BCUT2D eigenvalue weighted by Gasteiger charge is -2.36. The maximum Gasteiger partial charge on any atom is 0.275 e. The van der Waals surface area contributed by atoms with Crippen molar-refractivity contribution in [3.63, 3.8) is 0 Å². The summed E-state index contributed by atoms with van der Waals surface area (Å²) >= 11 is 0. The fourth-order valence-corrected chi connectivity index (χ4v) is 4.41. The second-order valence-corrected chi connectivity index (χ2v) is 8.55. The Balaban J connectivity index is 1.24. The van der Waals surface area contributed by atoms with E-state index in [0.717, 1.165) is 17.0 Å². The average Bonchev–Trinajstić information content (AvgIpc) is 3.35. The summed E-state index contributed by atoms with van der Waals surface area (Å²) in [4.78, 5) is 35.6. The van der Waals surface area contributed by atoms with Gasteiger partial charge in [-0.15, -0.1) is 0 Å². The number of anilines is 2. The van der Waals surface area contributed by atoms with Gasteiger partial charge in [0.05, 0.1) is 18.0 Å². The van der Waals surface area contributed by atoms with E-state index in [1.807, 2.05) is 56.3 Å². The van der Waals surface area contributed by atoms with Gasteiger partial charge in [-0.05, 0) is 43.7 Å². The van der Waals surface area contributed by atoms with Gasteiger partial charge >= 0.3 is 0 Å². The number of carbonyl (C=O) groups is 2. The van der Waals surface area contributed by atoms with E-state index in [1.54, 1.807) is 9.80 Å². The second kappa shape index (κ2) is 9.69. The van der Waals surface area contributed by atoms with E-state index in [4.69, 9.17) is 13.9 Å². The average molecular weight is 477 g/mol. The third kappa shape index (κ3) is 4.66. The third-order valence-corrected chi connectivity index (χ3v) is 6.19. The first kappa shape index (κ1) is 22.8. The molecule has 0 N–H and O–H groups in total. The van der Waals surface area contributed by atoms with Crippen molar-refractivity contribution in [2.75, 3.05) is 49.2 Å². The molecule has 0 aliphatic carbocycles. The Morgan fingerprint density at radius 2 is 1.89 bits per heavy atom. The summed E-state index contributed by atoms with van der Waals surface area (Å²) in [5.41, 5.74) is 2.97. The number of ether oxygens (including phenoxy) is 2. The molecule has 1 saturated heterocycles. The molecule has 0 atom stereocenters. The molecule has 3 heterocycles. The van der Waals surface area contributed by atoms with Gasteiger partial charge < -0.3 is 23.7 Å². The predicted octanol–water partition coefficient (Wildman–Crippen LogP) is 3.27. The van der Waals surface area contributed by atoms with E-state index in [1.165, 1.54) is 6.26 Å². The molecule has 35 heavy (non-hydrogen) atoms. The van der Waals surface area contributed by atoms with E-state index >= 15 is 0 Å². The van der Waals surface area contributed by atoms with Gasteiger partial charge in [0.2, 0.25) is 5.89 Å². The molecular formula is C26H28N4O5.